The number of ether oxygens (including phenoxy) is 1. The number of nitrogens with one attached hydrogen (secondary N) is 1. The van der Waals surface area contributed by atoms with Crippen molar-refractivity contribution in [3.05, 3.63) is 75.7 Å². The SMILES string of the molecule is C[C@@H](Oc1ccc(N)c(C(=N)c2ccc(N3CC4(CN(C(=O)C5CCN(C)CC5)C4)C3)nc2)c1)c1c(Cl)cncc1Cl.NCCCC=O. The van der Waals surface area contributed by atoms with Gasteiger partial charge in [0.15, 0.2) is 0 Å². The Hall–Kier alpha value is -3.77. The molecule has 1 atom stereocenters. The van der Waals surface area contributed by atoms with Crippen molar-refractivity contribution >= 4 is 52.6 Å². The third kappa shape index (κ3) is 8.08. The fourth-order valence-corrected chi connectivity index (χ4v) is 7.21. The number of piperidine rings is 1. The van der Waals surface area contributed by atoms with Gasteiger partial charge in [0, 0.05) is 84.9 Å². The van der Waals surface area contributed by atoms with Gasteiger partial charge >= 0.3 is 0 Å². The molecule has 6 rings (SSSR count). The lowest BCUT2D eigenvalue weighted by molar-refractivity contribution is -0.151. The Morgan fingerprint density at radius 2 is 1.79 bits per heavy atom. The molecule has 5 N–H and O–H groups in total. The lowest BCUT2D eigenvalue weighted by Gasteiger charge is -2.61. The number of nitrogens with zero attached hydrogens (tertiary/aromatic N) is 5. The van der Waals surface area contributed by atoms with E-state index in [-0.39, 0.29) is 17.0 Å². The second-order valence-electron chi connectivity index (χ2n) is 13.0. The van der Waals surface area contributed by atoms with Crippen LogP contribution in [-0.2, 0) is 9.59 Å². The van der Waals surface area contributed by atoms with Crippen LogP contribution in [0.3, 0.4) is 0 Å². The molecule has 3 saturated heterocycles. The second kappa shape index (κ2) is 15.6. The quantitative estimate of drug-likeness (QED) is 0.117. The van der Waals surface area contributed by atoms with Crippen LogP contribution in [0.5, 0.6) is 5.75 Å². The van der Waals surface area contributed by atoms with Crippen molar-refractivity contribution in [1.82, 2.24) is 19.8 Å². The standard InChI is InChI=1S/C31H35Cl2N7O2.C4H9NO/c1-19(28-24(32)13-36-14-25(28)33)42-22-4-5-26(34)23(11-22)29(35)21-3-6-27(37-12-21)39-15-31(16-39)17-40(18-31)30(41)20-7-9-38(2)10-8-20;5-3-1-2-4-6/h3-6,11-14,19-20,35H,7-10,15-18,34H2,1-2H3;4H,1-3,5H2/t19-;/m1./s1. The van der Waals surface area contributed by atoms with Crippen LogP contribution in [-0.4, -0.2) is 90.5 Å². The number of carbonyl (C=O) groups is 2. The number of hydrogen-bond donors (Lipinski definition) is 3. The van der Waals surface area contributed by atoms with E-state index >= 15 is 0 Å². The van der Waals surface area contributed by atoms with E-state index in [1.165, 1.54) is 12.4 Å². The number of anilines is 2. The number of amides is 1. The van der Waals surface area contributed by atoms with Crippen LogP contribution < -0.4 is 21.1 Å². The number of rotatable bonds is 10. The number of nitrogens with two attached hydrogens (primary N) is 2. The maximum atomic E-state index is 12.9. The topological polar surface area (TPSA) is 155 Å². The first-order chi connectivity index (χ1) is 23.0. The number of unbranched alkanes of at least 4 members (excludes halogenated alkanes) is 1. The summed E-state index contributed by atoms with van der Waals surface area (Å²) in [5, 5.41) is 9.69. The smallest absolute Gasteiger partial charge is 0.225 e. The molecular formula is C35H44Cl2N8O3. The van der Waals surface area contributed by atoms with E-state index in [1.807, 2.05) is 19.1 Å². The maximum absolute atomic E-state index is 12.9. The van der Waals surface area contributed by atoms with Gasteiger partial charge in [-0.25, -0.2) is 4.98 Å². The molecule has 0 saturated carbocycles. The number of halogens is 2. The number of aldehydes is 1. The highest BCUT2D eigenvalue weighted by atomic mass is 35.5. The van der Waals surface area contributed by atoms with Gasteiger partial charge in [-0.15, -0.1) is 0 Å². The molecule has 1 spiro atoms. The summed E-state index contributed by atoms with van der Waals surface area (Å²) in [6.07, 6.45) is 8.58. The molecule has 1 aromatic carbocycles. The first kappa shape index (κ1) is 35.5. The fraction of sp³-hybridized carbons (Fsp3) is 0.457. The highest BCUT2D eigenvalue weighted by Gasteiger charge is 2.54. The fourth-order valence-electron chi connectivity index (χ4n) is 6.53. The largest absolute Gasteiger partial charge is 0.486 e. The third-order valence-corrected chi connectivity index (χ3v) is 9.88. The van der Waals surface area contributed by atoms with E-state index in [0.717, 1.165) is 70.6 Å². The molecule has 0 aliphatic carbocycles. The van der Waals surface area contributed by atoms with Crippen molar-refractivity contribution in [2.24, 2.45) is 17.1 Å². The molecule has 3 aromatic rings. The molecular weight excluding hydrogens is 651 g/mol. The minimum Gasteiger partial charge on any atom is -0.486 e. The molecule has 11 nitrogen and oxygen atoms in total. The van der Waals surface area contributed by atoms with E-state index in [9.17, 15) is 9.59 Å². The van der Waals surface area contributed by atoms with Crippen molar-refractivity contribution in [2.75, 3.05) is 63.5 Å². The second-order valence-corrected chi connectivity index (χ2v) is 13.8. The first-order valence-electron chi connectivity index (χ1n) is 16.3. The molecule has 2 aromatic heterocycles. The summed E-state index contributed by atoms with van der Waals surface area (Å²) < 4.78 is 6.12. The predicted octanol–water partition coefficient (Wildman–Crippen LogP) is 4.84. The number of aromatic nitrogens is 2. The minimum atomic E-state index is -0.436. The average Bonchev–Trinajstić information content (AvgIpc) is 3.04. The van der Waals surface area contributed by atoms with E-state index in [2.05, 4.69) is 31.7 Å². The Morgan fingerprint density at radius 3 is 2.38 bits per heavy atom. The van der Waals surface area contributed by atoms with Crippen LogP contribution in [0.25, 0.3) is 0 Å². The van der Waals surface area contributed by atoms with Crippen LogP contribution >= 0.6 is 23.2 Å². The van der Waals surface area contributed by atoms with Crippen LogP contribution in [0.15, 0.2) is 48.9 Å². The molecule has 0 radical (unpaired) electrons. The Balaban J connectivity index is 0.000000689. The van der Waals surface area contributed by atoms with Gasteiger partial charge in [0.25, 0.3) is 0 Å². The Bertz CT molecular complexity index is 1580. The Kier molecular flexibility index (Phi) is 11.6. The van der Waals surface area contributed by atoms with Gasteiger partial charge in [0.05, 0.1) is 15.8 Å². The van der Waals surface area contributed by atoms with Crippen LogP contribution in [0.4, 0.5) is 11.5 Å². The highest BCUT2D eigenvalue weighted by molar-refractivity contribution is 6.35. The van der Waals surface area contributed by atoms with E-state index in [1.54, 1.807) is 24.4 Å². The summed E-state index contributed by atoms with van der Waals surface area (Å²) in [5.41, 5.74) is 14.1. The minimum absolute atomic E-state index is 0.183. The summed E-state index contributed by atoms with van der Waals surface area (Å²) in [5.74, 6) is 1.94. The monoisotopic (exact) mass is 694 g/mol. The number of likely N-dealkylation sites (tertiary alicyclic amines) is 2. The lowest BCUT2D eigenvalue weighted by Crippen LogP contribution is -2.73. The van der Waals surface area contributed by atoms with Crippen molar-refractivity contribution < 1.29 is 14.3 Å². The predicted molar refractivity (Wildman–Crippen MR) is 190 cm³/mol. The van der Waals surface area contributed by atoms with E-state index in [0.29, 0.717) is 57.0 Å². The van der Waals surface area contributed by atoms with Crippen molar-refractivity contribution in [2.45, 2.75) is 38.7 Å². The summed E-state index contributed by atoms with van der Waals surface area (Å²) in [4.78, 5) is 37.7. The van der Waals surface area contributed by atoms with Gasteiger partial charge in [0.2, 0.25) is 5.91 Å². The Labute approximate surface area is 292 Å². The van der Waals surface area contributed by atoms with Gasteiger partial charge < -0.3 is 35.7 Å². The molecule has 3 aliphatic heterocycles. The van der Waals surface area contributed by atoms with Crippen LogP contribution in [0.1, 0.15) is 55.4 Å². The van der Waals surface area contributed by atoms with Gasteiger partial charge in [-0.3, -0.25) is 15.2 Å². The molecule has 1 amide bonds. The molecule has 0 bridgehead atoms. The van der Waals surface area contributed by atoms with Crippen LogP contribution in [0.2, 0.25) is 10.0 Å². The van der Waals surface area contributed by atoms with E-state index < -0.39 is 6.10 Å². The van der Waals surface area contributed by atoms with E-state index in [4.69, 9.17) is 44.8 Å². The molecule has 5 heterocycles. The van der Waals surface area contributed by atoms with Gasteiger partial charge in [-0.05, 0) is 83.2 Å². The molecule has 256 valence electrons. The summed E-state index contributed by atoms with van der Waals surface area (Å²) in [6, 6.07) is 9.08. The molecule has 48 heavy (non-hydrogen) atoms. The Morgan fingerprint density at radius 1 is 1.10 bits per heavy atom. The number of carbonyl (C=O) groups excluding carboxylic acids is 2. The summed E-state index contributed by atoms with van der Waals surface area (Å²) >= 11 is 12.6. The lowest BCUT2D eigenvalue weighted by atomic mass is 9.72. The van der Waals surface area contributed by atoms with Crippen molar-refractivity contribution in [1.29, 1.82) is 5.41 Å². The number of hydrogen-bond acceptors (Lipinski definition) is 10. The van der Waals surface area contributed by atoms with Gasteiger partial charge in [-0.1, -0.05) is 23.2 Å². The third-order valence-electron chi connectivity index (χ3n) is 9.28. The van der Waals surface area contributed by atoms with Crippen molar-refractivity contribution in [3.8, 4) is 5.75 Å². The number of pyridine rings is 2. The first-order valence-corrected chi connectivity index (χ1v) is 17.1. The van der Waals surface area contributed by atoms with Crippen LogP contribution in [0, 0.1) is 16.7 Å². The summed E-state index contributed by atoms with van der Waals surface area (Å²) in [7, 11) is 2.12. The zero-order valence-corrected chi connectivity index (χ0v) is 29.0. The maximum Gasteiger partial charge on any atom is 0.225 e. The van der Waals surface area contributed by atoms with Crippen molar-refractivity contribution in [3.63, 3.8) is 0 Å². The molecule has 3 fully saturated rings. The number of benzene rings is 1. The van der Waals surface area contributed by atoms with Gasteiger partial charge in [-0.2, -0.15) is 0 Å². The normalized spacial score (nSPS) is 17.9. The average molecular weight is 696 g/mol. The van der Waals surface area contributed by atoms with Gasteiger partial charge in [0.1, 0.15) is 24.0 Å². The highest BCUT2D eigenvalue weighted by Crippen LogP contribution is 2.42. The zero-order chi connectivity index (χ0) is 34.4. The molecule has 13 heteroatoms. The zero-order valence-electron chi connectivity index (χ0n) is 27.5. The summed E-state index contributed by atoms with van der Waals surface area (Å²) in [6.45, 7) is 7.95. The number of nitrogen functional groups attached to an aromatic ring is 1. The molecule has 0 unspecified atom stereocenters. The molecule has 3 aliphatic rings.